The molecule has 0 N–H and O–H groups in total. The smallest absolute Gasteiger partial charge is 0.159 e. The second kappa shape index (κ2) is 14.0. The third-order valence-electron chi connectivity index (χ3n) is 16.7. The SMILES string of the molecule is CCC(C)(C)c1ccc(N2c3cc(N(c4cccc5ccccc45)c4cccc5c4oc4ccccc45)ccc3P3(=S)c4cccc5c4N(c4cc(C)cc2c43)C2(C)CCCCC52C)cc1. The van der Waals surface area contributed by atoms with Gasteiger partial charge in [-0.1, -0.05) is 149 Å². The molecule has 0 spiro atoms. The van der Waals surface area contributed by atoms with Crippen molar-refractivity contribution in [3.63, 3.8) is 0 Å². The molecule has 1 aliphatic carbocycles. The minimum Gasteiger partial charge on any atom is -0.454 e. The molecule has 6 heteroatoms. The molecule has 9 aromatic rings. The molecule has 0 amide bonds. The fraction of sp³-hybridized carbons (Fsp3) is 0.233. The van der Waals surface area contributed by atoms with Crippen LogP contribution in [0, 0.1) is 6.92 Å². The van der Waals surface area contributed by atoms with Crippen molar-refractivity contribution in [2.45, 2.75) is 90.0 Å². The number of para-hydroxylation sites is 3. The number of rotatable bonds is 6. The van der Waals surface area contributed by atoms with Crippen LogP contribution < -0.4 is 30.6 Å². The highest BCUT2D eigenvalue weighted by molar-refractivity contribution is 8.26. The normalized spacial score (nSPS) is 21.5. The predicted octanol–water partition coefficient (Wildman–Crippen LogP) is 15.8. The van der Waals surface area contributed by atoms with Crippen molar-refractivity contribution in [3.05, 3.63) is 174 Å². The molecule has 0 saturated heterocycles. The molecule has 0 radical (unpaired) electrons. The van der Waals surface area contributed by atoms with E-state index in [-0.39, 0.29) is 16.4 Å². The van der Waals surface area contributed by atoms with Crippen LogP contribution in [-0.4, -0.2) is 5.54 Å². The monoisotopic (exact) mass is 895 g/mol. The number of nitrogens with zero attached hydrogens (tertiary/aromatic N) is 3. The number of hydrogen-bond acceptors (Lipinski definition) is 5. The lowest BCUT2D eigenvalue weighted by Gasteiger charge is -2.53. The molecule has 4 nitrogen and oxygen atoms in total. The standard InChI is InChI=1S/C60H54N3OPS/c1-7-58(3,4)40-27-29-41(30-28-40)61-49-37-42(62(47-23-14-18-39-17-8-9-19-43(39)47)48-24-15-21-45-44-20-10-11-25-52(44)64-56(45)48)31-32-53(49)65(66)54-26-16-22-46-55(54)63(51-36-38(2)35-50(61)57(51)65)60(6)34-13-12-33-59(46,60)5/h8-11,14-32,35-37H,7,12-13,33-34H2,1-6H3. The van der Waals surface area contributed by atoms with Crippen molar-refractivity contribution in [1.29, 1.82) is 0 Å². The van der Waals surface area contributed by atoms with Crippen molar-refractivity contribution in [2.24, 2.45) is 0 Å². The fourth-order valence-electron chi connectivity index (χ4n) is 12.6. The second-order valence-corrected chi connectivity index (χ2v) is 24.7. The molecule has 326 valence electrons. The Bertz CT molecular complexity index is 3570. The van der Waals surface area contributed by atoms with Gasteiger partial charge >= 0.3 is 0 Å². The Morgan fingerprint density at radius 1 is 0.682 bits per heavy atom. The topological polar surface area (TPSA) is 22.9 Å². The zero-order valence-electron chi connectivity index (χ0n) is 38.7. The van der Waals surface area contributed by atoms with Gasteiger partial charge in [0.05, 0.1) is 39.7 Å². The quantitative estimate of drug-likeness (QED) is 0.155. The van der Waals surface area contributed by atoms with Crippen LogP contribution in [0.5, 0.6) is 0 Å². The summed E-state index contributed by atoms with van der Waals surface area (Å²) in [6.45, 7) is 14.4. The molecule has 13 rings (SSSR count). The van der Waals surface area contributed by atoms with Crippen molar-refractivity contribution in [2.75, 3.05) is 14.7 Å². The van der Waals surface area contributed by atoms with Gasteiger partial charge in [0.2, 0.25) is 0 Å². The van der Waals surface area contributed by atoms with Gasteiger partial charge in [-0.05, 0) is 121 Å². The first-order valence-corrected chi connectivity index (χ1v) is 26.7. The molecule has 1 fully saturated rings. The van der Waals surface area contributed by atoms with Gasteiger partial charge in [0.15, 0.2) is 5.58 Å². The lowest BCUT2D eigenvalue weighted by atomic mass is 9.61. The number of fused-ring (bicyclic) bond motifs is 11. The zero-order valence-corrected chi connectivity index (χ0v) is 40.4. The fourth-order valence-corrected chi connectivity index (χ4v) is 17.4. The van der Waals surface area contributed by atoms with Crippen molar-refractivity contribution in [1.82, 2.24) is 0 Å². The Morgan fingerprint density at radius 3 is 2.21 bits per heavy atom. The average Bonchev–Trinajstić information content (AvgIpc) is 3.82. The summed E-state index contributed by atoms with van der Waals surface area (Å²) in [6.07, 6.45) is 5.89. The van der Waals surface area contributed by atoms with Gasteiger partial charge in [0.25, 0.3) is 0 Å². The average molecular weight is 896 g/mol. The number of benzene rings is 8. The molecule has 0 bridgehead atoms. The van der Waals surface area contributed by atoms with E-state index in [1.807, 2.05) is 0 Å². The zero-order chi connectivity index (χ0) is 44.9. The Morgan fingerprint density at radius 2 is 1.38 bits per heavy atom. The Hall–Kier alpha value is -6.13. The molecule has 1 aromatic heterocycles. The van der Waals surface area contributed by atoms with Gasteiger partial charge in [0, 0.05) is 54.9 Å². The molecule has 1 saturated carbocycles. The summed E-state index contributed by atoms with van der Waals surface area (Å²) < 4.78 is 6.86. The summed E-state index contributed by atoms with van der Waals surface area (Å²) in [5, 5.41) is 8.49. The summed E-state index contributed by atoms with van der Waals surface area (Å²) in [7, 11) is 0. The van der Waals surface area contributed by atoms with Crippen LogP contribution in [0.3, 0.4) is 0 Å². The molecular formula is C60H54N3OPS. The van der Waals surface area contributed by atoms with E-state index in [1.165, 1.54) is 79.7 Å². The summed E-state index contributed by atoms with van der Waals surface area (Å²) in [4.78, 5) is 7.79. The van der Waals surface area contributed by atoms with E-state index < -0.39 is 6.04 Å². The van der Waals surface area contributed by atoms with E-state index in [9.17, 15) is 0 Å². The maximum absolute atomic E-state index is 7.56. The Labute approximate surface area is 393 Å². The summed E-state index contributed by atoms with van der Waals surface area (Å²) in [5.74, 6) is 0. The Kier molecular flexibility index (Phi) is 8.49. The summed E-state index contributed by atoms with van der Waals surface area (Å²) in [5.41, 5.74) is 15.2. The molecule has 3 atom stereocenters. The highest BCUT2D eigenvalue weighted by atomic mass is 32.4. The molecule has 4 heterocycles. The molecule has 66 heavy (non-hydrogen) atoms. The van der Waals surface area contributed by atoms with E-state index in [0.29, 0.717) is 0 Å². The van der Waals surface area contributed by atoms with Gasteiger partial charge in [-0.2, -0.15) is 0 Å². The van der Waals surface area contributed by atoms with Crippen LogP contribution in [0.15, 0.2) is 162 Å². The lowest BCUT2D eigenvalue weighted by molar-refractivity contribution is 0.195. The molecular weight excluding hydrogens is 842 g/mol. The van der Waals surface area contributed by atoms with Gasteiger partial charge in [-0.3, -0.25) is 0 Å². The molecule has 8 aromatic carbocycles. The largest absolute Gasteiger partial charge is 0.454 e. The maximum atomic E-state index is 7.56. The van der Waals surface area contributed by atoms with E-state index in [1.54, 1.807) is 0 Å². The first-order chi connectivity index (χ1) is 32.0. The van der Waals surface area contributed by atoms with Crippen LogP contribution >= 0.6 is 6.04 Å². The minimum atomic E-state index is -2.65. The number of furan rings is 1. The second-order valence-electron chi connectivity index (χ2n) is 20.5. The number of hydrogen-bond donors (Lipinski definition) is 0. The minimum absolute atomic E-state index is 0.0151. The predicted molar refractivity (Wildman–Crippen MR) is 285 cm³/mol. The first kappa shape index (κ1) is 40.2. The van der Waals surface area contributed by atoms with Crippen molar-refractivity contribution < 1.29 is 4.42 Å². The van der Waals surface area contributed by atoms with Gasteiger partial charge in [0.1, 0.15) is 5.58 Å². The van der Waals surface area contributed by atoms with Crippen LogP contribution in [0.2, 0.25) is 0 Å². The molecule has 3 aliphatic heterocycles. The summed E-state index contributed by atoms with van der Waals surface area (Å²) >= 11 is 7.56. The van der Waals surface area contributed by atoms with E-state index in [2.05, 4.69) is 214 Å². The lowest BCUT2D eigenvalue weighted by Crippen LogP contribution is -2.57. The Balaban J connectivity index is 1.12. The first-order valence-electron chi connectivity index (χ1n) is 23.9. The van der Waals surface area contributed by atoms with Gasteiger partial charge in [-0.15, -0.1) is 0 Å². The van der Waals surface area contributed by atoms with Crippen molar-refractivity contribution in [3.8, 4) is 0 Å². The van der Waals surface area contributed by atoms with Crippen molar-refractivity contribution >= 4 is 112 Å². The highest BCUT2D eigenvalue weighted by Gasteiger charge is 2.62. The number of anilines is 8. The van der Waals surface area contributed by atoms with E-state index in [4.69, 9.17) is 16.2 Å². The van der Waals surface area contributed by atoms with Gasteiger partial charge in [-0.25, -0.2) is 0 Å². The summed E-state index contributed by atoms with van der Waals surface area (Å²) in [6, 6.07) is 56.4. The van der Waals surface area contributed by atoms with Crippen LogP contribution in [0.25, 0.3) is 32.7 Å². The molecule has 3 unspecified atom stereocenters. The van der Waals surface area contributed by atoms with E-state index >= 15 is 0 Å². The molecule has 4 aliphatic rings. The number of aryl methyl sites for hydroxylation is 1. The van der Waals surface area contributed by atoms with Crippen LogP contribution in [0.1, 0.15) is 83.4 Å². The highest BCUT2D eigenvalue weighted by Crippen LogP contribution is 2.69. The van der Waals surface area contributed by atoms with Crippen LogP contribution in [-0.2, 0) is 22.6 Å². The third kappa shape index (κ3) is 5.19. The van der Waals surface area contributed by atoms with Gasteiger partial charge < -0.3 is 19.1 Å². The third-order valence-corrected chi connectivity index (χ3v) is 21.6. The van der Waals surface area contributed by atoms with E-state index in [0.717, 1.165) is 63.2 Å². The van der Waals surface area contributed by atoms with Crippen LogP contribution in [0.4, 0.5) is 45.5 Å². The maximum Gasteiger partial charge on any atom is 0.159 e.